The molecule has 0 spiro atoms. The van der Waals surface area contributed by atoms with E-state index in [0.717, 1.165) is 12.1 Å². The van der Waals surface area contributed by atoms with Crippen LogP contribution in [0.5, 0.6) is 0 Å². The second-order valence-corrected chi connectivity index (χ2v) is 4.38. The van der Waals surface area contributed by atoms with Crippen LogP contribution in [-0.2, 0) is 6.42 Å². The van der Waals surface area contributed by atoms with Crippen molar-refractivity contribution in [3.05, 3.63) is 29.0 Å². The molecule has 1 rings (SSSR count). The Hall–Kier alpha value is -0.600. The van der Waals surface area contributed by atoms with E-state index in [1.54, 1.807) is 6.07 Å². The number of hydrogen-bond acceptors (Lipinski definition) is 2. The van der Waals surface area contributed by atoms with E-state index in [4.69, 9.17) is 17.3 Å². The first-order chi connectivity index (χ1) is 6.03. The molecular weight excluding hydrogens is 184 g/mol. The Balaban J connectivity index is 2.74. The summed E-state index contributed by atoms with van der Waals surface area (Å²) in [5.41, 5.74) is 6.73. The van der Waals surface area contributed by atoms with Crippen molar-refractivity contribution in [3.63, 3.8) is 0 Å². The molecule has 1 aromatic rings. The standard InChI is InChI=1S/C10H15ClN2/c1-10(2,7-12)6-8-4-3-5-9(11)13-8/h3-5H,6-7,12H2,1-2H3. The molecule has 13 heavy (non-hydrogen) atoms. The van der Waals surface area contributed by atoms with Crippen LogP contribution in [0, 0.1) is 5.41 Å². The van der Waals surface area contributed by atoms with Gasteiger partial charge in [0.1, 0.15) is 5.15 Å². The zero-order valence-electron chi connectivity index (χ0n) is 8.05. The van der Waals surface area contributed by atoms with E-state index in [-0.39, 0.29) is 5.41 Å². The van der Waals surface area contributed by atoms with Crippen LogP contribution >= 0.6 is 11.6 Å². The molecular formula is C10H15ClN2. The summed E-state index contributed by atoms with van der Waals surface area (Å²) >= 11 is 5.77. The van der Waals surface area contributed by atoms with Gasteiger partial charge in [-0.1, -0.05) is 31.5 Å². The molecule has 0 unspecified atom stereocenters. The second kappa shape index (κ2) is 4.07. The van der Waals surface area contributed by atoms with Gasteiger partial charge in [-0.05, 0) is 30.5 Å². The maximum absolute atomic E-state index is 5.77. The Kier molecular flexibility index (Phi) is 3.28. The van der Waals surface area contributed by atoms with E-state index in [1.807, 2.05) is 12.1 Å². The molecule has 1 heterocycles. The lowest BCUT2D eigenvalue weighted by Gasteiger charge is -2.21. The van der Waals surface area contributed by atoms with Crippen LogP contribution in [0.3, 0.4) is 0 Å². The molecule has 1 aromatic heterocycles. The molecule has 0 atom stereocenters. The Morgan fingerprint density at radius 1 is 1.46 bits per heavy atom. The van der Waals surface area contributed by atoms with E-state index in [1.165, 1.54) is 0 Å². The van der Waals surface area contributed by atoms with Crippen LogP contribution in [0.4, 0.5) is 0 Å². The number of halogens is 1. The van der Waals surface area contributed by atoms with E-state index in [0.29, 0.717) is 11.7 Å². The summed E-state index contributed by atoms with van der Waals surface area (Å²) in [5, 5.41) is 0.547. The zero-order chi connectivity index (χ0) is 9.90. The zero-order valence-corrected chi connectivity index (χ0v) is 8.80. The first kappa shape index (κ1) is 10.5. The largest absolute Gasteiger partial charge is 0.330 e. The summed E-state index contributed by atoms with van der Waals surface area (Å²) in [7, 11) is 0. The minimum absolute atomic E-state index is 0.0949. The number of nitrogens with zero attached hydrogens (tertiary/aromatic N) is 1. The molecule has 0 aromatic carbocycles. The predicted molar refractivity (Wildman–Crippen MR) is 55.8 cm³/mol. The lowest BCUT2D eigenvalue weighted by molar-refractivity contribution is 0.372. The highest BCUT2D eigenvalue weighted by molar-refractivity contribution is 6.29. The molecule has 72 valence electrons. The summed E-state index contributed by atoms with van der Waals surface area (Å²) < 4.78 is 0. The van der Waals surface area contributed by atoms with Gasteiger partial charge in [0, 0.05) is 5.69 Å². The number of hydrogen-bond donors (Lipinski definition) is 1. The first-order valence-corrected chi connectivity index (χ1v) is 4.73. The number of aromatic nitrogens is 1. The van der Waals surface area contributed by atoms with Crippen LogP contribution in [0.2, 0.25) is 5.15 Å². The highest BCUT2D eigenvalue weighted by Crippen LogP contribution is 2.19. The van der Waals surface area contributed by atoms with Gasteiger partial charge in [0.2, 0.25) is 0 Å². The van der Waals surface area contributed by atoms with Crippen molar-refractivity contribution >= 4 is 11.6 Å². The van der Waals surface area contributed by atoms with E-state index >= 15 is 0 Å². The highest BCUT2D eigenvalue weighted by Gasteiger charge is 2.16. The van der Waals surface area contributed by atoms with Gasteiger partial charge < -0.3 is 5.73 Å². The molecule has 2 N–H and O–H groups in total. The van der Waals surface area contributed by atoms with Gasteiger partial charge in [0.15, 0.2) is 0 Å². The Bertz CT molecular complexity index is 284. The van der Waals surface area contributed by atoms with Crippen LogP contribution in [-0.4, -0.2) is 11.5 Å². The lowest BCUT2D eigenvalue weighted by Crippen LogP contribution is -2.26. The highest BCUT2D eigenvalue weighted by atomic mass is 35.5. The predicted octanol–water partition coefficient (Wildman–Crippen LogP) is 2.26. The molecule has 0 bridgehead atoms. The van der Waals surface area contributed by atoms with Crippen molar-refractivity contribution in [1.82, 2.24) is 4.98 Å². The fraction of sp³-hybridized carbons (Fsp3) is 0.500. The van der Waals surface area contributed by atoms with E-state index in [2.05, 4.69) is 18.8 Å². The number of rotatable bonds is 3. The average molecular weight is 199 g/mol. The maximum Gasteiger partial charge on any atom is 0.129 e. The number of pyridine rings is 1. The lowest BCUT2D eigenvalue weighted by atomic mass is 9.88. The normalized spacial score (nSPS) is 11.7. The van der Waals surface area contributed by atoms with E-state index in [9.17, 15) is 0 Å². The average Bonchev–Trinajstić information content (AvgIpc) is 2.03. The van der Waals surface area contributed by atoms with Gasteiger partial charge in [0.05, 0.1) is 0 Å². The topological polar surface area (TPSA) is 38.9 Å². The summed E-state index contributed by atoms with van der Waals surface area (Å²) in [5.74, 6) is 0. The third-order valence-corrected chi connectivity index (χ3v) is 2.20. The van der Waals surface area contributed by atoms with Crippen LogP contribution < -0.4 is 5.73 Å². The van der Waals surface area contributed by atoms with Gasteiger partial charge in [-0.15, -0.1) is 0 Å². The number of nitrogens with two attached hydrogens (primary N) is 1. The minimum atomic E-state index is 0.0949. The molecule has 0 saturated carbocycles. The Labute approximate surface area is 84.1 Å². The van der Waals surface area contributed by atoms with Crippen LogP contribution in [0.25, 0.3) is 0 Å². The summed E-state index contributed by atoms with van der Waals surface area (Å²) in [6, 6.07) is 5.67. The van der Waals surface area contributed by atoms with Gasteiger partial charge >= 0.3 is 0 Å². The molecule has 2 nitrogen and oxygen atoms in total. The molecule has 0 amide bonds. The molecule has 0 aliphatic heterocycles. The van der Waals surface area contributed by atoms with Crippen molar-refractivity contribution in [1.29, 1.82) is 0 Å². The third kappa shape index (κ3) is 3.33. The molecule has 0 aliphatic carbocycles. The SMILES string of the molecule is CC(C)(CN)Cc1cccc(Cl)n1. The quantitative estimate of drug-likeness (QED) is 0.757. The van der Waals surface area contributed by atoms with Crippen molar-refractivity contribution in [3.8, 4) is 0 Å². The van der Waals surface area contributed by atoms with Gasteiger partial charge in [-0.2, -0.15) is 0 Å². The van der Waals surface area contributed by atoms with Crippen LogP contribution in [0.1, 0.15) is 19.5 Å². The molecule has 0 fully saturated rings. The molecule has 3 heteroatoms. The molecule has 0 saturated heterocycles. The first-order valence-electron chi connectivity index (χ1n) is 4.35. The summed E-state index contributed by atoms with van der Waals surface area (Å²) in [4.78, 5) is 4.22. The Morgan fingerprint density at radius 2 is 2.15 bits per heavy atom. The van der Waals surface area contributed by atoms with Gasteiger partial charge in [-0.3, -0.25) is 0 Å². The molecule has 0 radical (unpaired) electrons. The summed E-state index contributed by atoms with van der Waals surface area (Å²) in [6.45, 7) is 4.90. The molecule has 0 aliphatic rings. The fourth-order valence-electron chi connectivity index (χ4n) is 1.11. The van der Waals surface area contributed by atoms with E-state index < -0.39 is 0 Å². The van der Waals surface area contributed by atoms with Gasteiger partial charge in [-0.25, -0.2) is 4.98 Å². The summed E-state index contributed by atoms with van der Waals surface area (Å²) in [6.07, 6.45) is 0.865. The van der Waals surface area contributed by atoms with Gasteiger partial charge in [0.25, 0.3) is 0 Å². The minimum Gasteiger partial charge on any atom is -0.330 e. The smallest absolute Gasteiger partial charge is 0.129 e. The Morgan fingerprint density at radius 3 is 2.69 bits per heavy atom. The maximum atomic E-state index is 5.77. The van der Waals surface area contributed by atoms with Crippen molar-refractivity contribution in [2.24, 2.45) is 11.1 Å². The van der Waals surface area contributed by atoms with Crippen molar-refractivity contribution in [2.45, 2.75) is 20.3 Å². The second-order valence-electron chi connectivity index (χ2n) is 4.00. The third-order valence-electron chi connectivity index (χ3n) is 1.99. The fourth-order valence-corrected chi connectivity index (χ4v) is 1.29. The monoisotopic (exact) mass is 198 g/mol. The van der Waals surface area contributed by atoms with Crippen molar-refractivity contribution in [2.75, 3.05) is 6.54 Å². The van der Waals surface area contributed by atoms with Crippen LogP contribution in [0.15, 0.2) is 18.2 Å². The van der Waals surface area contributed by atoms with Crippen molar-refractivity contribution < 1.29 is 0 Å².